The lowest BCUT2D eigenvalue weighted by Crippen LogP contribution is -2.11. The Labute approximate surface area is 145 Å². The third kappa shape index (κ3) is 3.41. The number of aliphatic imine (C=N–C) groups is 1. The average Bonchev–Trinajstić information content (AvgIpc) is 2.59. The lowest BCUT2D eigenvalue weighted by atomic mass is 9.86. The molecule has 0 saturated carbocycles. The van der Waals surface area contributed by atoms with Crippen LogP contribution in [0.4, 0.5) is 0 Å². The molecule has 0 aliphatic carbocycles. The van der Waals surface area contributed by atoms with Crippen molar-refractivity contribution in [3.63, 3.8) is 0 Å². The van der Waals surface area contributed by atoms with Crippen LogP contribution in [0.3, 0.4) is 0 Å². The van der Waals surface area contributed by atoms with E-state index in [0.717, 1.165) is 12.1 Å². The molecule has 0 heterocycles. The normalized spacial score (nSPS) is 12.6. The van der Waals surface area contributed by atoms with Gasteiger partial charge in [0.15, 0.2) is 0 Å². The highest BCUT2D eigenvalue weighted by Crippen LogP contribution is 2.24. The molecule has 3 aromatic rings. The van der Waals surface area contributed by atoms with E-state index in [-0.39, 0.29) is 5.41 Å². The predicted molar refractivity (Wildman–Crippen MR) is 105 cm³/mol. The molecule has 3 aromatic carbocycles. The van der Waals surface area contributed by atoms with Gasteiger partial charge in [0.1, 0.15) is 0 Å². The van der Waals surface area contributed by atoms with E-state index in [4.69, 9.17) is 0 Å². The minimum absolute atomic E-state index is 0.190. The lowest BCUT2D eigenvalue weighted by molar-refractivity contribution is 0.590. The van der Waals surface area contributed by atoms with E-state index in [1.807, 2.05) is 7.05 Å². The Hall–Kier alpha value is -2.41. The molecule has 0 radical (unpaired) electrons. The molecule has 3 rings (SSSR count). The minimum Gasteiger partial charge on any atom is -0.292 e. The first kappa shape index (κ1) is 16.4. The molecule has 0 amide bonds. The summed E-state index contributed by atoms with van der Waals surface area (Å²) in [6.07, 6.45) is 0.856. The lowest BCUT2D eigenvalue weighted by Gasteiger charge is -2.19. The van der Waals surface area contributed by atoms with Crippen molar-refractivity contribution in [3.8, 4) is 0 Å². The zero-order chi connectivity index (χ0) is 17.2. The van der Waals surface area contributed by atoms with E-state index in [9.17, 15) is 0 Å². The molecule has 0 aliphatic rings. The Bertz CT molecular complexity index is 859. The van der Waals surface area contributed by atoms with Gasteiger partial charge in [0.25, 0.3) is 0 Å². The number of nitrogens with zero attached hydrogens (tertiary/aromatic N) is 1. The summed E-state index contributed by atoms with van der Waals surface area (Å²) in [7, 11) is 1.89. The first-order chi connectivity index (χ1) is 11.5. The fourth-order valence-corrected chi connectivity index (χ4v) is 3.09. The van der Waals surface area contributed by atoms with E-state index < -0.39 is 0 Å². The molecule has 0 spiro atoms. The Balaban J connectivity index is 1.93. The molecule has 24 heavy (non-hydrogen) atoms. The highest BCUT2D eigenvalue weighted by atomic mass is 14.7. The van der Waals surface area contributed by atoms with Crippen LogP contribution in [0, 0.1) is 0 Å². The molecule has 0 bridgehead atoms. The van der Waals surface area contributed by atoms with Crippen molar-refractivity contribution >= 4 is 16.5 Å². The summed E-state index contributed by atoms with van der Waals surface area (Å²) < 4.78 is 0. The van der Waals surface area contributed by atoms with E-state index in [2.05, 4.69) is 92.5 Å². The SMILES string of the molecule is CN=C(Cc1ccc(C(C)(C)C)cc1)c1cccc2ccccc12. The summed E-state index contributed by atoms with van der Waals surface area (Å²) in [5.74, 6) is 0. The number of hydrogen-bond donors (Lipinski definition) is 0. The Morgan fingerprint density at radius 3 is 2.17 bits per heavy atom. The predicted octanol–water partition coefficient (Wildman–Crippen LogP) is 5.80. The van der Waals surface area contributed by atoms with Crippen LogP contribution in [-0.2, 0) is 11.8 Å². The Morgan fingerprint density at radius 1 is 0.833 bits per heavy atom. The third-order valence-electron chi connectivity index (χ3n) is 4.56. The van der Waals surface area contributed by atoms with Crippen LogP contribution >= 0.6 is 0 Å². The van der Waals surface area contributed by atoms with Gasteiger partial charge in [-0.05, 0) is 27.3 Å². The second kappa shape index (κ2) is 6.60. The van der Waals surface area contributed by atoms with Gasteiger partial charge >= 0.3 is 0 Å². The van der Waals surface area contributed by atoms with E-state index in [1.54, 1.807) is 0 Å². The second-order valence-electron chi connectivity index (χ2n) is 7.32. The Kier molecular flexibility index (Phi) is 4.53. The van der Waals surface area contributed by atoms with Crippen LogP contribution in [0.25, 0.3) is 10.8 Å². The summed E-state index contributed by atoms with van der Waals surface area (Å²) in [5, 5.41) is 2.53. The molecule has 0 atom stereocenters. The Morgan fingerprint density at radius 2 is 1.50 bits per heavy atom. The smallest absolute Gasteiger partial charge is 0.0467 e. The van der Waals surface area contributed by atoms with Gasteiger partial charge in [-0.1, -0.05) is 87.5 Å². The van der Waals surface area contributed by atoms with Gasteiger partial charge in [0.2, 0.25) is 0 Å². The van der Waals surface area contributed by atoms with Crippen molar-refractivity contribution in [3.05, 3.63) is 83.4 Å². The molecule has 122 valence electrons. The summed E-state index contributed by atoms with van der Waals surface area (Å²) in [4.78, 5) is 4.59. The molecule has 0 N–H and O–H groups in total. The number of fused-ring (bicyclic) bond motifs is 1. The van der Waals surface area contributed by atoms with Crippen LogP contribution in [0.15, 0.2) is 71.7 Å². The molecule has 0 fully saturated rings. The van der Waals surface area contributed by atoms with Crippen LogP contribution in [0.5, 0.6) is 0 Å². The zero-order valence-electron chi connectivity index (χ0n) is 15.0. The quantitative estimate of drug-likeness (QED) is 0.542. The third-order valence-corrected chi connectivity index (χ3v) is 4.56. The molecule has 0 unspecified atom stereocenters. The van der Waals surface area contributed by atoms with Crippen molar-refractivity contribution in [2.45, 2.75) is 32.6 Å². The molecule has 0 aliphatic heterocycles. The molecule has 1 nitrogen and oxygen atoms in total. The monoisotopic (exact) mass is 315 g/mol. The summed E-state index contributed by atoms with van der Waals surface area (Å²) in [6.45, 7) is 6.74. The maximum absolute atomic E-state index is 4.59. The van der Waals surface area contributed by atoms with Crippen LogP contribution in [0.1, 0.15) is 37.5 Å². The fraction of sp³-hybridized carbons (Fsp3) is 0.261. The zero-order valence-corrected chi connectivity index (χ0v) is 15.0. The number of rotatable bonds is 3. The van der Waals surface area contributed by atoms with Crippen molar-refractivity contribution in [1.82, 2.24) is 0 Å². The van der Waals surface area contributed by atoms with Gasteiger partial charge in [0.05, 0.1) is 0 Å². The first-order valence-corrected chi connectivity index (χ1v) is 8.52. The maximum Gasteiger partial charge on any atom is 0.0467 e. The first-order valence-electron chi connectivity index (χ1n) is 8.52. The summed E-state index contributed by atoms with van der Waals surface area (Å²) in [6, 6.07) is 23.9. The van der Waals surface area contributed by atoms with Gasteiger partial charge in [0, 0.05) is 24.7 Å². The van der Waals surface area contributed by atoms with Crippen LogP contribution in [0.2, 0.25) is 0 Å². The van der Waals surface area contributed by atoms with Crippen molar-refractivity contribution in [1.29, 1.82) is 0 Å². The standard InChI is InChI=1S/C23H25N/c1-23(2,3)19-14-12-17(13-15-19)16-22(24-4)21-11-7-9-18-8-5-6-10-20(18)21/h5-15H,16H2,1-4H3. The van der Waals surface area contributed by atoms with Crippen LogP contribution < -0.4 is 0 Å². The number of benzene rings is 3. The van der Waals surface area contributed by atoms with Crippen molar-refractivity contribution in [2.75, 3.05) is 7.05 Å². The summed E-state index contributed by atoms with van der Waals surface area (Å²) in [5.41, 5.74) is 5.23. The van der Waals surface area contributed by atoms with E-state index >= 15 is 0 Å². The van der Waals surface area contributed by atoms with E-state index in [0.29, 0.717) is 0 Å². The molecular weight excluding hydrogens is 290 g/mol. The van der Waals surface area contributed by atoms with Crippen molar-refractivity contribution in [2.24, 2.45) is 4.99 Å². The van der Waals surface area contributed by atoms with E-state index in [1.165, 1.54) is 27.5 Å². The van der Waals surface area contributed by atoms with Gasteiger partial charge in [-0.2, -0.15) is 0 Å². The molecule has 0 aromatic heterocycles. The minimum atomic E-state index is 0.190. The maximum atomic E-state index is 4.59. The highest BCUT2D eigenvalue weighted by Gasteiger charge is 2.14. The second-order valence-corrected chi connectivity index (χ2v) is 7.32. The fourth-order valence-electron chi connectivity index (χ4n) is 3.09. The van der Waals surface area contributed by atoms with Crippen molar-refractivity contribution < 1.29 is 0 Å². The van der Waals surface area contributed by atoms with Gasteiger partial charge in [-0.15, -0.1) is 0 Å². The number of hydrogen-bond acceptors (Lipinski definition) is 1. The topological polar surface area (TPSA) is 12.4 Å². The van der Waals surface area contributed by atoms with Gasteiger partial charge < -0.3 is 0 Å². The molecular formula is C23H25N. The highest BCUT2D eigenvalue weighted by molar-refractivity contribution is 6.11. The molecule has 0 saturated heterocycles. The van der Waals surface area contributed by atoms with Gasteiger partial charge in [-0.25, -0.2) is 0 Å². The van der Waals surface area contributed by atoms with Gasteiger partial charge in [-0.3, -0.25) is 4.99 Å². The largest absolute Gasteiger partial charge is 0.292 e. The van der Waals surface area contributed by atoms with Crippen LogP contribution in [-0.4, -0.2) is 12.8 Å². The average molecular weight is 315 g/mol. The molecule has 1 heteroatoms. The summed E-state index contributed by atoms with van der Waals surface area (Å²) >= 11 is 0.